The lowest BCUT2D eigenvalue weighted by molar-refractivity contribution is -0.143. The zero-order valence-corrected chi connectivity index (χ0v) is 24.7. The van der Waals surface area contributed by atoms with Crippen molar-refractivity contribution in [3.8, 4) is 11.5 Å². The monoisotopic (exact) mass is 657 g/mol. The van der Waals surface area contributed by atoms with Gasteiger partial charge >= 0.3 is 12.4 Å². The number of halogens is 6. The molecule has 1 fully saturated rings. The highest BCUT2D eigenvalue weighted by molar-refractivity contribution is 6.24. The van der Waals surface area contributed by atoms with Crippen molar-refractivity contribution in [1.29, 1.82) is 0 Å². The van der Waals surface area contributed by atoms with Crippen molar-refractivity contribution in [3.05, 3.63) is 93.6 Å². The summed E-state index contributed by atoms with van der Waals surface area (Å²) >= 11 is 0. The lowest BCUT2D eigenvalue weighted by atomic mass is 9.60. The Balaban J connectivity index is 1.43. The first-order valence-electron chi connectivity index (χ1n) is 14.4. The van der Waals surface area contributed by atoms with Gasteiger partial charge in [0.1, 0.15) is 0 Å². The summed E-state index contributed by atoms with van der Waals surface area (Å²) in [6.45, 7) is 1.49. The van der Waals surface area contributed by atoms with Gasteiger partial charge in [-0.3, -0.25) is 19.2 Å². The molecule has 4 aliphatic rings. The quantitative estimate of drug-likeness (QED) is 0.172. The molecule has 7 nitrogen and oxygen atoms in total. The normalized spacial score (nSPS) is 24.7. The predicted octanol–water partition coefficient (Wildman–Crippen LogP) is 6.62. The number of carbonyl (C=O) groups is 4. The van der Waals surface area contributed by atoms with Crippen LogP contribution in [0.15, 0.2) is 76.9 Å². The van der Waals surface area contributed by atoms with Crippen LogP contribution in [0, 0.1) is 23.7 Å². The van der Waals surface area contributed by atoms with Gasteiger partial charge in [-0.25, -0.2) is 4.90 Å². The number of fused-ring (bicyclic) bond motifs is 3. The summed E-state index contributed by atoms with van der Waals surface area (Å²) in [7, 11) is 1.36. The molecule has 47 heavy (non-hydrogen) atoms. The Morgan fingerprint density at radius 2 is 1.57 bits per heavy atom. The van der Waals surface area contributed by atoms with E-state index in [1.165, 1.54) is 32.2 Å². The topological polar surface area (TPSA) is 101 Å². The highest BCUT2D eigenvalue weighted by Gasteiger charge is 2.56. The minimum atomic E-state index is -5.20. The van der Waals surface area contributed by atoms with Crippen LogP contribution in [0.1, 0.15) is 36.5 Å². The van der Waals surface area contributed by atoms with E-state index < -0.39 is 76.2 Å². The molecule has 244 valence electrons. The van der Waals surface area contributed by atoms with E-state index in [1.54, 1.807) is 24.3 Å². The van der Waals surface area contributed by atoms with E-state index in [-0.39, 0.29) is 47.1 Å². The number of rotatable bonds is 4. The number of carbonyl (C=O) groups excluding carboxylic acids is 4. The van der Waals surface area contributed by atoms with Crippen molar-refractivity contribution in [1.82, 2.24) is 0 Å². The van der Waals surface area contributed by atoms with Crippen LogP contribution >= 0.6 is 0 Å². The second kappa shape index (κ2) is 11.1. The fourth-order valence-electron chi connectivity index (χ4n) is 6.97. The number of amides is 2. The molecule has 0 saturated carbocycles. The fourth-order valence-corrected chi connectivity index (χ4v) is 6.97. The first-order valence-corrected chi connectivity index (χ1v) is 14.4. The second-order valence-corrected chi connectivity index (χ2v) is 11.8. The van der Waals surface area contributed by atoms with Gasteiger partial charge in [0.25, 0.3) is 0 Å². The van der Waals surface area contributed by atoms with Crippen LogP contribution in [0.3, 0.4) is 0 Å². The first-order chi connectivity index (χ1) is 22.0. The summed E-state index contributed by atoms with van der Waals surface area (Å²) in [5.41, 5.74) is -2.59. The number of Topliss-reactive ketones (excluding diaryl/α,β-unsaturated/α-hetero) is 1. The van der Waals surface area contributed by atoms with E-state index in [0.717, 1.165) is 0 Å². The molecular formula is C34H25F6NO6. The van der Waals surface area contributed by atoms with Crippen molar-refractivity contribution < 1.29 is 55.4 Å². The van der Waals surface area contributed by atoms with E-state index in [1.807, 2.05) is 0 Å². The van der Waals surface area contributed by atoms with Crippen LogP contribution in [0.25, 0.3) is 6.08 Å². The maximum Gasteiger partial charge on any atom is 0.416 e. The standard InChI is InChI=1S/C34H25F6NO6/c1-15-9-26(43)24-14-23-20(21(28(24)30(15)44)5-3-16-4-8-25(42)27(10-16)47-2)6-7-22-29(23)32(46)41(31(22)45)19-12-17(33(35,36)37)11-18(13-19)34(38,39)40/h3-6,8-13,21-23,29,42H,7,14H2,1-2H3. The van der Waals surface area contributed by atoms with Crippen molar-refractivity contribution >= 4 is 35.1 Å². The number of aromatic hydroxyl groups is 1. The van der Waals surface area contributed by atoms with Crippen LogP contribution in [0.4, 0.5) is 32.0 Å². The average molecular weight is 658 g/mol. The number of methoxy groups -OCH3 is 1. The van der Waals surface area contributed by atoms with Gasteiger partial charge in [-0.2, -0.15) is 26.3 Å². The number of benzene rings is 2. The Morgan fingerprint density at radius 1 is 0.915 bits per heavy atom. The molecular weight excluding hydrogens is 632 g/mol. The van der Waals surface area contributed by atoms with Crippen LogP contribution in [-0.4, -0.2) is 35.6 Å². The second-order valence-electron chi connectivity index (χ2n) is 11.8. The number of alkyl halides is 6. The number of hydrogen-bond donors (Lipinski definition) is 1. The third-order valence-electron chi connectivity index (χ3n) is 9.13. The molecule has 1 aliphatic heterocycles. The zero-order chi connectivity index (χ0) is 34.2. The van der Waals surface area contributed by atoms with Gasteiger partial charge in [-0.1, -0.05) is 29.9 Å². The SMILES string of the molecule is COc1cc(C=CC2C3=CCC4C(=O)N(c5cc(C(F)(F)F)cc(C(F)(F)F)c5)C(=O)C4C3CC3=C2C(=O)C(C)=CC3=O)ccc1O. The molecule has 2 aromatic rings. The first kappa shape index (κ1) is 32.0. The van der Waals surface area contributed by atoms with Crippen molar-refractivity contribution in [2.24, 2.45) is 23.7 Å². The average Bonchev–Trinajstić information content (AvgIpc) is 3.27. The van der Waals surface area contributed by atoms with Crippen LogP contribution in [0.5, 0.6) is 11.5 Å². The minimum absolute atomic E-state index is 0.0698. The summed E-state index contributed by atoms with van der Waals surface area (Å²) < 4.78 is 86.9. The molecule has 2 aromatic carbocycles. The summed E-state index contributed by atoms with van der Waals surface area (Å²) in [6, 6.07) is 5.11. The Kier molecular flexibility index (Phi) is 7.56. The van der Waals surface area contributed by atoms with Gasteiger partial charge in [0.05, 0.1) is 35.8 Å². The number of ketones is 2. The third kappa shape index (κ3) is 5.36. The molecule has 4 atom stereocenters. The van der Waals surface area contributed by atoms with Gasteiger partial charge in [-0.15, -0.1) is 0 Å². The van der Waals surface area contributed by atoms with Gasteiger partial charge in [0, 0.05) is 22.6 Å². The van der Waals surface area contributed by atoms with E-state index in [2.05, 4.69) is 0 Å². The van der Waals surface area contributed by atoms with Crippen LogP contribution < -0.4 is 9.64 Å². The highest BCUT2D eigenvalue weighted by atomic mass is 19.4. The lowest BCUT2D eigenvalue weighted by Crippen LogP contribution is -2.40. The number of phenols is 1. The summed E-state index contributed by atoms with van der Waals surface area (Å²) in [5.74, 6) is -6.75. The summed E-state index contributed by atoms with van der Waals surface area (Å²) in [4.78, 5) is 54.6. The van der Waals surface area contributed by atoms with Gasteiger partial charge in [0.15, 0.2) is 23.1 Å². The molecule has 1 saturated heterocycles. The number of phenolic OH excluding ortho intramolecular Hbond substituents is 1. The summed E-state index contributed by atoms with van der Waals surface area (Å²) in [6.07, 6.45) is -4.48. The fraction of sp³-hybridized carbons (Fsp3) is 0.294. The van der Waals surface area contributed by atoms with Gasteiger partial charge < -0.3 is 9.84 Å². The van der Waals surface area contributed by atoms with E-state index >= 15 is 0 Å². The van der Waals surface area contributed by atoms with E-state index in [4.69, 9.17) is 4.74 Å². The highest BCUT2D eigenvalue weighted by Crippen LogP contribution is 2.53. The Morgan fingerprint density at radius 3 is 2.19 bits per heavy atom. The number of allylic oxidation sites excluding steroid dienone is 7. The molecule has 0 spiro atoms. The molecule has 6 rings (SSSR count). The van der Waals surface area contributed by atoms with Gasteiger partial charge in [0.2, 0.25) is 11.8 Å². The Bertz CT molecular complexity index is 1850. The molecule has 0 radical (unpaired) electrons. The molecule has 1 heterocycles. The van der Waals surface area contributed by atoms with Crippen molar-refractivity contribution in [2.75, 3.05) is 12.0 Å². The summed E-state index contributed by atoms with van der Waals surface area (Å²) in [5, 5.41) is 9.97. The maximum absolute atomic E-state index is 14.0. The molecule has 0 bridgehead atoms. The number of nitrogens with zero attached hydrogens (tertiary/aromatic N) is 1. The van der Waals surface area contributed by atoms with Crippen LogP contribution in [-0.2, 0) is 31.5 Å². The molecule has 2 amide bonds. The smallest absolute Gasteiger partial charge is 0.416 e. The van der Waals surface area contributed by atoms with Crippen LogP contribution in [0.2, 0.25) is 0 Å². The molecule has 4 unspecified atom stereocenters. The largest absolute Gasteiger partial charge is 0.504 e. The predicted molar refractivity (Wildman–Crippen MR) is 155 cm³/mol. The third-order valence-corrected chi connectivity index (χ3v) is 9.13. The van der Waals surface area contributed by atoms with Crippen molar-refractivity contribution in [2.45, 2.75) is 32.1 Å². The van der Waals surface area contributed by atoms with Gasteiger partial charge in [-0.05, 0) is 67.7 Å². The number of ether oxygens (including phenoxy) is 1. The van der Waals surface area contributed by atoms with E-state index in [9.17, 15) is 50.6 Å². The Hall–Kier alpha value is -4.94. The lowest BCUT2D eigenvalue weighted by Gasteiger charge is -2.41. The van der Waals surface area contributed by atoms with Crippen molar-refractivity contribution in [3.63, 3.8) is 0 Å². The maximum atomic E-state index is 14.0. The number of hydrogen-bond acceptors (Lipinski definition) is 6. The number of imide groups is 1. The molecule has 1 N–H and O–H groups in total. The minimum Gasteiger partial charge on any atom is -0.504 e. The molecule has 13 heteroatoms. The Labute approximate surface area is 263 Å². The number of anilines is 1. The molecule has 3 aliphatic carbocycles. The van der Waals surface area contributed by atoms with E-state index in [0.29, 0.717) is 28.2 Å². The molecule has 0 aromatic heterocycles. The zero-order valence-electron chi connectivity index (χ0n) is 24.7.